The van der Waals surface area contributed by atoms with Crippen LogP contribution in [-0.4, -0.2) is 20.5 Å². The second-order valence-corrected chi connectivity index (χ2v) is 8.65. The van der Waals surface area contributed by atoms with Crippen molar-refractivity contribution in [1.29, 1.82) is 5.26 Å². The van der Waals surface area contributed by atoms with E-state index in [1.807, 2.05) is 38.1 Å². The van der Waals surface area contributed by atoms with E-state index in [4.69, 9.17) is 10.5 Å². The lowest BCUT2D eigenvalue weighted by Crippen LogP contribution is -2.23. The summed E-state index contributed by atoms with van der Waals surface area (Å²) < 4.78 is 7.79. The number of rotatable bonds is 0. The molecule has 2 aliphatic rings. The van der Waals surface area contributed by atoms with E-state index >= 15 is 0 Å². The first-order chi connectivity index (χ1) is 14.8. The highest BCUT2D eigenvalue weighted by Crippen LogP contribution is 2.52. The molecule has 1 atom stereocenters. The average molecular weight is 413 g/mol. The lowest BCUT2D eigenvalue weighted by Gasteiger charge is -2.23. The first kappa shape index (κ1) is 19.3. The van der Waals surface area contributed by atoms with Gasteiger partial charge in [-0.15, -0.1) is 0 Å². The molecule has 0 unspecified atom stereocenters. The summed E-state index contributed by atoms with van der Waals surface area (Å²) in [7, 11) is 1.74. The van der Waals surface area contributed by atoms with Crippen LogP contribution in [0.5, 0.6) is 5.75 Å². The number of benzene rings is 1. The first-order valence-corrected chi connectivity index (χ1v) is 10.4. The second kappa shape index (κ2) is 6.67. The lowest BCUT2D eigenvalue weighted by molar-refractivity contribution is 0.0893. The number of ether oxygens (including phenoxy) is 1. The van der Waals surface area contributed by atoms with E-state index in [0.29, 0.717) is 34.6 Å². The standard InChI is InChI=1S/C24H23N5O2/c1-13-4-5-16-17(8-13)14(2)31-20-9-15(12-27-23(20)26)21-18(28-29(3)19(21)11-25)10-24(6-7-24)22(16)30/h4-5,8-9,12,14H,6-7,10H2,1-3H3,(H2,26,27)/t14-/m1/s1. The third kappa shape index (κ3) is 2.98. The molecule has 1 spiro atoms. The van der Waals surface area contributed by atoms with Crippen molar-refractivity contribution < 1.29 is 9.53 Å². The number of ketones is 1. The Morgan fingerprint density at radius 1 is 1.32 bits per heavy atom. The normalized spacial score (nSPS) is 18.8. The molecule has 2 aromatic heterocycles. The van der Waals surface area contributed by atoms with E-state index in [1.54, 1.807) is 17.9 Å². The summed E-state index contributed by atoms with van der Waals surface area (Å²) in [5.74, 6) is 0.796. The number of aromatic nitrogens is 3. The van der Waals surface area contributed by atoms with Gasteiger partial charge in [0.2, 0.25) is 0 Å². The van der Waals surface area contributed by atoms with Gasteiger partial charge in [-0.2, -0.15) is 10.4 Å². The summed E-state index contributed by atoms with van der Waals surface area (Å²) in [5.41, 5.74) is 10.8. The van der Waals surface area contributed by atoms with E-state index in [0.717, 1.165) is 29.7 Å². The maximum Gasteiger partial charge on any atom is 0.169 e. The second-order valence-electron chi connectivity index (χ2n) is 8.65. The Balaban J connectivity index is 1.78. The Morgan fingerprint density at radius 2 is 2.10 bits per heavy atom. The third-order valence-corrected chi connectivity index (χ3v) is 6.43. The largest absolute Gasteiger partial charge is 0.482 e. The van der Waals surface area contributed by atoms with Crippen LogP contribution in [0, 0.1) is 23.7 Å². The number of carbonyl (C=O) groups is 1. The van der Waals surface area contributed by atoms with Crippen molar-refractivity contribution in [3.63, 3.8) is 0 Å². The van der Waals surface area contributed by atoms with Crippen molar-refractivity contribution in [1.82, 2.24) is 14.8 Å². The monoisotopic (exact) mass is 413 g/mol. The van der Waals surface area contributed by atoms with Crippen LogP contribution in [0.25, 0.3) is 11.1 Å². The number of nitriles is 1. The predicted molar refractivity (Wildman–Crippen MR) is 115 cm³/mol. The number of Topliss-reactive ketones (excluding diaryl/α,β-unsaturated/α-hetero) is 1. The van der Waals surface area contributed by atoms with Gasteiger partial charge in [-0.05, 0) is 32.8 Å². The molecule has 1 aromatic carbocycles. The van der Waals surface area contributed by atoms with Crippen LogP contribution in [0.15, 0.2) is 30.5 Å². The molecule has 1 aliphatic heterocycles. The van der Waals surface area contributed by atoms with Gasteiger partial charge in [0.25, 0.3) is 0 Å². The SMILES string of the molecule is Cc1ccc2c(c1)[C@@H](C)Oc1cc(cnc1N)-c1c(nn(C)c1C#N)CC1(CC1)C2=O. The number of fused-ring (bicyclic) bond motifs is 5. The average Bonchev–Trinajstić information content (AvgIpc) is 3.45. The van der Waals surface area contributed by atoms with Gasteiger partial charge in [0.15, 0.2) is 17.4 Å². The molecular weight excluding hydrogens is 390 g/mol. The lowest BCUT2D eigenvalue weighted by atomic mass is 9.85. The van der Waals surface area contributed by atoms with Gasteiger partial charge >= 0.3 is 0 Å². The van der Waals surface area contributed by atoms with Crippen LogP contribution in [0.2, 0.25) is 0 Å². The quantitative estimate of drug-likeness (QED) is 0.599. The molecule has 2 N–H and O–H groups in total. The van der Waals surface area contributed by atoms with Crippen LogP contribution in [0.1, 0.15) is 58.7 Å². The van der Waals surface area contributed by atoms with Crippen LogP contribution in [-0.2, 0) is 13.5 Å². The van der Waals surface area contributed by atoms with E-state index in [9.17, 15) is 10.1 Å². The molecule has 3 heterocycles. The van der Waals surface area contributed by atoms with E-state index in [1.165, 1.54) is 0 Å². The van der Waals surface area contributed by atoms with Gasteiger partial charge in [0.05, 0.1) is 5.69 Å². The molecule has 156 valence electrons. The van der Waals surface area contributed by atoms with Gasteiger partial charge in [-0.25, -0.2) is 4.98 Å². The number of carbonyl (C=O) groups excluding carboxylic acids is 1. The fourth-order valence-corrected chi connectivity index (χ4v) is 4.54. The molecule has 1 aliphatic carbocycles. The number of aryl methyl sites for hydroxylation is 2. The van der Waals surface area contributed by atoms with Gasteiger partial charge < -0.3 is 10.5 Å². The zero-order valence-electron chi connectivity index (χ0n) is 17.8. The Morgan fingerprint density at radius 3 is 2.81 bits per heavy atom. The topological polar surface area (TPSA) is 107 Å². The number of nitrogens with two attached hydrogens (primary N) is 1. The zero-order valence-corrected chi connectivity index (χ0v) is 17.8. The molecular formula is C24H23N5O2. The smallest absolute Gasteiger partial charge is 0.169 e. The molecule has 2 bridgehead atoms. The molecule has 1 fully saturated rings. The molecule has 7 nitrogen and oxygen atoms in total. The fourth-order valence-electron chi connectivity index (χ4n) is 4.54. The maximum atomic E-state index is 13.7. The Hall–Kier alpha value is -3.66. The van der Waals surface area contributed by atoms with Gasteiger partial charge in [0.1, 0.15) is 17.9 Å². The number of hydrogen-bond donors (Lipinski definition) is 1. The zero-order chi connectivity index (χ0) is 21.9. The van der Waals surface area contributed by atoms with Crippen LogP contribution in [0.3, 0.4) is 0 Å². The molecule has 1 saturated carbocycles. The van der Waals surface area contributed by atoms with E-state index in [-0.39, 0.29) is 11.6 Å². The van der Waals surface area contributed by atoms with Gasteiger partial charge in [-0.3, -0.25) is 9.48 Å². The number of anilines is 1. The van der Waals surface area contributed by atoms with Crippen LogP contribution < -0.4 is 10.5 Å². The molecule has 7 heteroatoms. The highest BCUT2D eigenvalue weighted by atomic mass is 16.5. The van der Waals surface area contributed by atoms with Gasteiger partial charge in [-0.1, -0.05) is 23.8 Å². The summed E-state index contributed by atoms with van der Waals surface area (Å²) in [6.07, 6.45) is 3.34. The fraction of sp³-hybridized carbons (Fsp3) is 0.333. The van der Waals surface area contributed by atoms with Crippen molar-refractivity contribution >= 4 is 11.6 Å². The minimum atomic E-state index is -0.497. The Bertz CT molecular complexity index is 1280. The van der Waals surface area contributed by atoms with Gasteiger partial charge in [0, 0.05) is 47.3 Å². The maximum absolute atomic E-state index is 13.7. The van der Waals surface area contributed by atoms with Crippen LogP contribution in [0.4, 0.5) is 5.82 Å². The van der Waals surface area contributed by atoms with Crippen molar-refractivity contribution in [2.24, 2.45) is 12.5 Å². The van der Waals surface area contributed by atoms with Crippen molar-refractivity contribution in [2.75, 3.05) is 5.73 Å². The third-order valence-electron chi connectivity index (χ3n) is 6.43. The summed E-state index contributed by atoms with van der Waals surface area (Å²) in [5, 5.41) is 14.4. The molecule has 3 aromatic rings. The minimum Gasteiger partial charge on any atom is -0.482 e. The van der Waals surface area contributed by atoms with Crippen LogP contribution >= 0.6 is 0 Å². The Labute approximate surface area is 180 Å². The molecule has 0 saturated heterocycles. The summed E-state index contributed by atoms with van der Waals surface area (Å²) in [6.45, 7) is 3.92. The number of nitrogen functional groups attached to an aromatic ring is 1. The summed E-state index contributed by atoms with van der Waals surface area (Å²) >= 11 is 0. The number of nitrogens with zero attached hydrogens (tertiary/aromatic N) is 4. The van der Waals surface area contributed by atoms with Crippen molar-refractivity contribution in [3.8, 4) is 22.9 Å². The van der Waals surface area contributed by atoms with E-state index < -0.39 is 11.5 Å². The highest BCUT2D eigenvalue weighted by molar-refractivity contribution is 6.04. The summed E-state index contributed by atoms with van der Waals surface area (Å²) in [4.78, 5) is 18.1. The number of pyridine rings is 1. The van der Waals surface area contributed by atoms with Crippen molar-refractivity contribution in [3.05, 3.63) is 58.5 Å². The molecule has 0 radical (unpaired) electrons. The molecule has 5 rings (SSSR count). The Kier molecular flexibility index (Phi) is 4.16. The van der Waals surface area contributed by atoms with Crippen molar-refractivity contribution in [2.45, 2.75) is 39.2 Å². The number of hydrogen-bond acceptors (Lipinski definition) is 6. The molecule has 31 heavy (non-hydrogen) atoms. The predicted octanol–water partition coefficient (Wildman–Crippen LogP) is 3.90. The summed E-state index contributed by atoms with van der Waals surface area (Å²) in [6, 6.07) is 9.93. The minimum absolute atomic E-state index is 0.114. The van der Waals surface area contributed by atoms with E-state index in [2.05, 4.69) is 16.2 Å². The highest BCUT2D eigenvalue weighted by Gasteiger charge is 2.51. The first-order valence-electron chi connectivity index (χ1n) is 10.4. The molecule has 0 amide bonds.